The van der Waals surface area contributed by atoms with Crippen LogP contribution in [0.3, 0.4) is 0 Å². The Bertz CT molecular complexity index is 1070. The molecule has 3 rings (SSSR count). The van der Waals surface area contributed by atoms with Gasteiger partial charge in [0, 0.05) is 22.3 Å². The monoisotopic (exact) mass is 484 g/mol. The highest BCUT2D eigenvalue weighted by atomic mass is 15.2. The summed E-state index contributed by atoms with van der Waals surface area (Å²) in [6, 6.07) is 13.9. The van der Waals surface area contributed by atoms with E-state index in [2.05, 4.69) is 77.9 Å². The number of allylic oxidation sites excluding steroid dienone is 2. The summed E-state index contributed by atoms with van der Waals surface area (Å²) >= 11 is 0. The topological polar surface area (TPSA) is 25.3 Å². The molecule has 0 saturated carbocycles. The van der Waals surface area contributed by atoms with E-state index >= 15 is 0 Å². The molecule has 0 amide bonds. The van der Waals surface area contributed by atoms with E-state index in [0.717, 1.165) is 62.8 Å². The van der Waals surface area contributed by atoms with Crippen molar-refractivity contribution in [3.8, 4) is 0 Å². The molecule has 2 nitrogen and oxygen atoms in total. The van der Waals surface area contributed by atoms with Crippen molar-refractivity contribution in [1.82, 2.24) is 0 Å². The molecule has 0 bridgehead atoms. The summed E-state index contributed by atoms with van der Waals surface area (Å²) in [5, 5.41) is 0. The number of unbranched alkanes of at least 4 members (excludes halogenated alkanes) is 4. The van der Waals surface area contributed by atoms with Crippen LogP contribution in [-0.4, -0.2) is 4.70 Å². The standard InChI is InChI=1S/C34H48N2/c1-7-13-15-16-18-32-31(17-14-8-2)33(29-21-25(9-3)19-26(10-4)22-29)36(35)34(32)30-23-27(11-5)20-28(12-6)24-30/h19-24H,7-18H2,1-6H3. The van der Waals surface area contributed by atoms with Gasteiger partial charge in [-0.3, -0.25) is 0 Å². The normalized spacial score (nSPS) is 13.9. The van der Waals surface area contributed by atoms with Crippen LogP contribution >= 0.6 is 0 Å². The number of hydrogen-bond acceptors (Lipinski definition) is 0. The molecule has 1 aliphatic heterocycles. The third-order valence-electron chi connectivity index (χ3n) is 7.71. The van der Waals surface area contributed by atoms with Gasteiger partial charge < -0.3 is 5.53 Å². The highest BCUT2D eigenvalue weighted by Crippen LogP contribution is 2.45. The largest absolute Gasteiger partial charge is 0.493 e. The summed E-state index contributed by atoms with van der Waals surface area (Å²) < 4.78 is 1.57. The van der Waals surface area contributed by atoms with E-state index in [1.54, 1.807) is 4.70 Å². The third kappa shape index (κ3) is 6.44. The Morgan fingerprint density at radius 1 is 0.500 bits per heavy atom. The summed E-state index contributed by atoms with van der Waals surface area (Å²) in [5.41, 5.74) is 24.5. The molecular weight excluding hydrogens is 436 g/mol. The maximum atomic E-state index is 12.0. The Kier molecular flexibility index (Phi) is 10.7. The molecule has 1 aliphatic rings. The molecule has 0 spiro atoms. The average molecular weight is 485 g/mol. The van der Waals surface area contributed by atoms with Crippen molar-refractivity contribution in [2.75, 3.05) is 0 Å². The number of hydrogen-bond donors (Lipinski definition) is 0. The van der Waals surface area contributed by atoms with Crippen LogP contribution in [0, 0.1) is 0 Å². The molecule has 194 valence electrons. The lowest BCUT2D eigenvalue weighted by Gasteiger charge is -2.13. The summed E-state index contributed by atoms with van der Waals surface area (Å²) in [6.45, 7) is 13.4. The van der Waals surface area contributed by atoms with Gasteiger partial charge in [-0.1, -0.05) is 79.4 Å². The van der Waals surface area contributed by atoms with Crippen molar-refractivity contribution in [3.63, 3.8) is 0 Å². The van der Waals surface area contributed by atoms with Crippen molar-refractivity contribution in [3.05, 3.63) is 86.5 Å². The van der Waals surface area contributed by atoms with Crippen molar-refractivity contribution < 1.29 is 4.70 Å². The molecular formula is C34H48N2. The second kappa shape index (κ2) is 13.7. The van der Waals surface area contributed by atoms with Gasteiger partial charge in [0.2, 0.25) is 11.4 Å². The lowest BCUT2D eigenvalue weighted by Crippen LogP contribution is -2.05. The maximum Gasteiger partial charge on any atom is 0.211 e. The van der Waals surface area contributed by atoms with Gasteiger partial charge in [-0.05, 0) is 97.9 Å². The van der Waals surface area contributed by atoms with Crippen LogP contribution in [0.4, 0.5) is 0 Å². The van der Waals surface area contributed by atoms with Crippen LogP contribution in [0.5, 0.6) is 0 Å². The molecule has 0 radical (unpaired) electrons. The molecule has 1 heterocycles. The van der Waals surface area contributed by atoms with E-state index in [9.17, 15) is 5.53 Å². The molecule has 0 atom stereocenters. The predicted molar refractivity (Wildman–Crippen MR) is 156 cm³/mol. The summed E-state index contributed by atoms with van der Waals surface area (Å²) in [4.78, 5) is 0. The van der Waals surface area contributed by atoms with Gasteiger partial charge in [-0.15, -0.1) is 0 Å². The van der Waals surface area contributed by atoms with Crippen LogP contribution in [0.15, 0.2) is 47.5 Å². The van der Waals surface area contributed by atoms with E-state index in [1.807, 2.05) is 0 Å². The second-order valence-corrected chi connectivity index (χ2v) is 10.4. The van der Waals surface area contributed by atoms with Gasteiger partial charge in [0.05, 0.1) is 0 Å². The van der Waals surface area contributed by atoms with Gasteiger partial charge >= 0.3 is 0 Å². The molecule has 0 saturated heterocycles. The average Bonchev–Trinajstić information content (AvgIpc) is 3.19. The summed E-state index contributed by atoms with van der Waals surface area (Å²) in [5.74, 6) is 0. The van der Waals surface area contributed by atoms with E-state index in [4.69, 9.17) is 0 Å². The smallest absolute Gasteiger partial charge is 0.211 e. The Hall–Kier alpha value is -2.48. The van der Waals surface area contributed by atoms with Gasteiger partial charge in [0.1, 0.15) is 0 Å². The minimum atomic E-state index is 1.01. The number of nitrogens with zero attached hydrogens (tertiary/aromatic N) is 2. The van der Waals surface area contributed by atoms with Crippen molar-refractivity contribution in [2.45, 2.75) is 119 Å². The van der Waals surface area contributed by atoms with Crippen molar-refractivity contribution >= 4 is 11.4 Å². The van der Waals surface area contributed by atoms with Crippen LogP contribution in [0.25, 0.3) is 16.9 Å². The van der Waals surface area contributed by atoms with E-state index in [1.165, 1.54) is 70.2 Å². The van der Waals surface area contributed by atoms with Crippen molar-refractivity contribution in [2.24, 2.45) is 0 Å². The van der Waals surface area contributed by atoms with E-state index in [0.29, 0.717) is 0 Å². The SMILES string of the molecule is CCCCCCC1=C(c2cc(CC)cc(CC)c2)[N+](=[N-])C(c2cc(CC)cc(CC)c2)=C1CCCC. The molecule has 0 aliphatic carbocycles. The number of benzene rings is 2. The van der Waals surface area contributed by atoms with Crippen LogP contribution in [-0.2, 0) is 25.7 Å². The van der Waals surface area contributed by atoms with Crippen molar-refractivity contribution in [1.29, 1.82) is 0 Å². The van der Waals surface area contributed by atoms with Crippen LogP contribution in [0.2, 0.25) is 0 Å². The van der Waals surface area contributed by atoms with Gasteiger partial charge in [-0.25, -0.2) is 4.70 Å². The first-order valence-electron chi connectivity index (χ1n) is 14.7. The lowest BCUT2D eigenvalue weighted by molar-refractivity contribution is -0.345. The zero-order chi connectivity index (χ0) is 26.1. The Labute approximate surface area is 221 Å². The zero-order valence-electron chi connectivity index (χ0n) is 23.8. The predicted octanol–water partition coefficient (Wildman–Crippen LogP) is 10.3. The number of rotatable bonds is 14. The first kappa shape index (κ1) is 28.1. The molecule has 2 aromatic rings. The first-order chi connectivity index (χ1) is 17.5. The second-order valence-electron chi connectivity index (χ2n) is 10.4. The maximum absolute atomic E-state index is 12.0. The minimum absolute atomic E-state index is 1.01. The third-order valence-corrected chi connectivity index (χ3v) is 7.71. The molecule has 0 aromatic heterocycles. The summed E-state index contributed by atoms with van der Waals surface area (Å²) in [7, 11) is 0. The zero-order valence-corrected chi connectivity index (χ0v) is 23.8. The van der Waals surface area contributed by atoms with E-state index in [-0.39, 0.29) is 0 Å². The van der Waals surface area contributed by atoms with Crippen LogP contribution in [0.1, 0.15) is 126 Å². The first-order valence-corrected chi connectivity index (χ1v) is 14.7. The molecule has 36 heavy (non-hydrogen) atoms. The highest BCUT2D eigenvalue weighted by Gasteiger charge is 2.35. The quantitative estimate of drug-likeness (QED) is 0.188. The Morgan fingerprint density at radius 3 is 1.25 bits per heavy atom. The lowest BCUT2D eigenvalue weighted by atomic mass is 9.90. The van der Waals surface area contributed by atoms with Gasteiger partial charge in [-0.2, -0.15) is 0 Å². The molecule has 0 N–H and O–H groups in total. The minimum Gasteiger partial charge on any atom is -0.493 e. The Morgan fingerprint density at radius 2 is 0.889 bits per heavy atom. The molecule has 0 unspecified atom stereocenters. The van der Waals surface area contributed by atoms with Crippen LogP contribution < -0.4 is 0 Å². The Balaban J connectivity index is 2.23. The summed E-state index contributed by atoms with van der Waals surface area (Å²) in [6.07, 6.45) is 13.3. The molecule has 2 heteroatoms. The molecule has 2 aromatic carbocycles. The van der Waals surface area contributed by atoms with Gasteiger partial charge in [0.15, 0.2) is 0 Å². The van der Waals surface area contributed by atoms with E-state index < -0.39 is 0 Å². The molecule has 0 fully saturated rings. The fourth-order valence-corrected chi connectivity index (χ4v) is 5.48. The fraction of sp³-hybridized carbons (Fsp3) is 0.529. The van der Waals surface area contributed by atoms with Gasteiger partial charge in [0.25, 0.3) is 0 Å². The number of aryl methyl sites for hydroxylation is 4. The highest BCUT2D eigenvalue weighted by molar-refractivity contribution is 5.82. The fourth-order valence-electron chi connectivity index (χ4n) is 5.48.